The van der Waals surface area contributed by atoms with Crippen molar-refractivity contribution in [3.63, 3.8) is 0 Å². The molecule has 0 radical (unpaired) electrons. The van der Waals surface area contributed by atoms with Gasteiger partial charge in [0, 0.05) is 31.5 Å². The molecule has 2 aliphatic heterocycles. The van der Waals surface area contributed by atoms with Gasteiger partial charge < -0.3 is 15.2 Å². The molecular weight excluding hydrogens is 454 g/mol. The molecule has 32 heavy (non-hydrogen) atoms. The van der Waals surface area contributed by atoms with Crippen molar-refractivity contribution >= 4 is 43.1 Å². The van der Waals surface area contributed by atoms with E-state index < -0.39 is 25.8 Å². The number of aryl methyl sites for hydroxylation is 1. The number of amides is 1. The van der Waals surface area contributed by atoms with Gasteiger partial charge >= 0.3 is 0 Å². The number of hydrogen-bond donors (Lipinski definition) is 2. The third-order valence-electron chi connectivity index (χ3n) is 5.58. The molecule has 172 valence electrons. The molecule has 2 aromatic rings. The van der Waals surface area contributed by atoms with Crippen LogP contribution in [0, 0.1) is 6.92 Å². The van der Waals surface area contributed by atoms with E-state index in [9.17, 15) is 21.6 Å². The van der Waals surface area contributed by atoms with E-state index in [1.807, 2.05) is 7.05 Å². The molecule has 1 aromatic carbocycles. The lowest BCUT2D eigenvalue weighted by Gasteiger charge is -2.21. The topological polar surface area (TPSA) is 133 Å². The normalized spacial score (nSPS) is 19.7. The monoisotopic (exact) mass is 479 g/mol. The zero-order valence-corrected chi connectivity index (χ0v) is 19.7. The van der Waals surface area contributed by atoms with Crippen molar-refractivity contribution < 1.29 is 21.6 Å². The molecule has 0 saturated carbocycles. The third-order valence-corrected chi connectivity index (χ3v) is 8.62. The molecule has 3 heterocycles. The Morgan fingerprint density at radius 1 is 1.09 bits per heavy atom. The number of nitrogens with one attached hydrogen (secondary N) is 2. The first-order valence-corrected chi connectivity index (χ1v) is 13.4. The second kappa shape index (κ2) is 8.10. The lowest BCUT2D eigenvalue weighted by Crippen LogP contribution is -2.34. The van der Waals surface area contributed by atoms with Gasteiger partial charge in [-0.3, -0.25) is 4.79 Å². The van der Waals surface area contributed by atoms with Crippen LogP contribution in [-0.4, -0.2) is 81.4 Å². The minimum Gasteiger partial charge on any atom is -0.341 e. The number of aromatic nitrogens is 2. The Balaban J connectivity index is 1.81. The number of carbonyl (C=O) groups excluding carboxylic acids is 1. The molecule has 0 atom stereocenters. The Kier molecular flexibility index (Phi) is 5.74. The minimum atomic E-state index is -3.86. The van der Waals surface area contributed by atoms with Crippen LogP contribution in [0.2, 0.25) is 0 Å². The van der Waals surface area contributed by atoms with Crippen LogP contribution in [0.3, 0.4) is 0 Å². The van der Waals surface area contributed by atoms with Crippen LogP contribution >= 0.6 is 0 Å². The number of rotatable bonds is 4. The van der Waals surface area contributed by atoms with Crippen molar-refractivity contribution in [1.82, 2.24) is 19.2 Å². The number of imidazole rings is 1. The first-order valence-electron chi connectivity index (χ1n) is 10.1. The molecule has 0 bridgehead atoms. The lowest BCUT2D eigenvalue weighted by molar-refractivity contribution is -0.110. The Morgan fingerprint density at radius 2 is 1.84 bits per heavy atom. The first kappa shape index (κ1) is 22.6. The molecule has 0 aliphatic carbocycles. The fourth-order valence-electron chi connectivity index (χ4n) is 4.00. The molecule has 1 aromatic heterocycles. The highest BCUT2D eigenvalue weighted by Gasteiger charge is 2.35. The summed E-state index contributed by atoms with van der Waals surface area (Å²) >= 11 is 0. The van der Waals surface area contributed by atoms with E-state index in [-0.39, 0.29) is 26.9 Å². The number of fused-ring (bicyclic) bond motifs is 1. The number of anilines is 1. The number of hydrogen-bond acceptors (Lipinski definition) is 7. The van der Waals surface area contributed by atoms with Crippen molar-refractivity contribution in [3.05, 3.63) is 35.3 Å². The summed E-state index contributed by atoms with van der Waals surface area (Å²) in [5.74, 6) is -0.322. The van der Waals surface area contributed by atoms with E-state index in [1.54, 1.807) is 19.1 Å². The number of likely N-dealkylation sites (N-methyl/N-ethyl adjacent to an activating group) is 1. The SMILES string of the molecule is Cc1[nH]c(/C=C2\C(=O)Nc3cccc(S(=O)(=O)N4CCCN(C)CC4)c32)nc1S(C)(=O)=O. The minimum absolute atomic E-state index is 0.0377. The summed E-state index contributed by atoms with van der Waals surface area (Å²) in [5.41, 5.74) is 1.11. The predicted octanol–water partition coefficient (Wildman–Crippen LogP) is 0.941. The molecule has 1 fully saturated rings. The van der Waals surface area contributed by atoms with Gasteiger partial charge in [-0.25, -0.2) is 21.8 Å². The summed E-state index contributed by atoms with van der Waals surface area (Å²) < 4.78 is 52.3. The average molecular weight is 480 g/mol. The number of nitrogens with zero attached hydrogens (tertiary/aromatic N) is 3. The lowest BCUT2D eigenvalue weighted by atomic mass is 10.1. The fourth-order valence-corrected chi connectivity index (χ4v) is 6.57. The fraction of sp³-hybridized carbons (Fsp3) is 0.400. The van der Waals surface area contributed by atoms with Crippen LogP contribution in [0.5, 0.6) is 0 Å². The molecular formula is C20H25N5O5S2. The molecule has 4 rings (SSSR count). The van der Waals surface area contributed by atoms with E-state index in [4.69, 9.17) is 0 Å². The zero-order valence-electron chi connectivity index (χ0n) is 18.0. The molecule has 1 amide bonds. The van der Waals surface area contributed by atoms with E-state index >= 15 is 0 Å². The van der Waals surface area contributed by atoms with Crippen LogP contribution in [0.25, 0.3) is 11.6 Å². The average Bonchev–Trinajstić information content (AvgIpc) is 3.14. The van der Waals surface area contributed by atoms with Crippen LogP contribution in [0.4, 0.5) is 5.69 Å². The summed E-state index contributed by atoms with van der Waals surface area (Å²) in [4.78, 5) is 21.8. The number of benzene rings is 1. The number of H-pyrrole nitrogens is 1. The van der Waals surface area contributed by atoms with Crippen LogP contribution in [0.1, 0.15) is 23.5 Å². The summed E-state index contributed by atoms with van der Waals surface area (Å²) in [6.45, 7) is 3.75. The third kappa shape index (κ3) is 4.10. The van der Waals surface area contributed by atoms with Crippen molar-refractivity contribution in [3.8, 4) is 0 Å². The number of aromatic amines is 1. The number of sulfonamides is 1. The quantitative estimate of drug-likeness (QED) is 0.624. The Labute approximate surface area is 187 Å². The van der Waals surface area contributed by atoms with Crippen LogP contribution in [0.15, 0.2) is 28.1 Å². The highest BCUT2D eigenvalue weighted by Crippen LogP contribution is 2.38. The molecule has 12 heteroatoms. The van der Waals surface area contributed by atoms with Gasteiger partial charge in [-0.2, -0.15) is 4.31 Å². The van der Waals surface area contributed by atoms with E-state index in [0.29, 0.717) is 37.4 Å². The second-order valence-electron chi connectivity index (χ2n) is 8.08. The maximum atomic E-state index is 13.5. The Hall–Kier alpha value is -2.54. The van der Waals surface area contributed by atoms with Crippen molar-refractivity contribution in [2.24, 2.45) is 0 Å². The largest absolute Gasteiger partial charge is 0.341 e. The highest BCUT2D eigenvalue weighted by atomic mass is 32.2. The van der Waals surface area contributed by atoms with Gasteiger partial charge in [0.1, 0.15) is 5.82 Å². The van der Waals surface area contributed by atoms with Crippen molar-refractivity contribution in [2.75, 3.05) is 44.8 Å². The zero-order chi connectivity index (χ0) is 23.3. The standard InChI is InChI=1S/C20H25N5O5S2/c1-13-20(31(3,27)28)23-17(21-13)12-14-18-15(22-19(14)26)6-4-7-16(18)32(29,30)25-9-5-8-24(2)10-11-25/h4,6-7,12H,5,8-11H2,1-3H3,(H,21,23)(H,22,26)/b14-12-. The summed E-state index contributed by atoms with van der Waals surface area (Å²) in [5, 5.41) is 2.58. The predicted molar refractivity (Wildman–Crippen MR) is 120 cm³/mol. The molecule has 2 N–H and O–H groups in total. The van der Waals surface area contributed by atoms with E-state index in [2.05, 4.69) is 20.2 Å². The van der Waals surface area contributed by atoms with Gasteiger partial charge in [0.25, 0.3) is 5.91 Å². The molecule has 2 aliphatic rings. The maximum Gasteiger partial charge on any atom is 0.256 e. The summed E-state index contributed by atoms with van der Waals surface area (Å²) in [6.07, 6.45) is 3.15. The molecule has 10 nitrogen and oxygen atoms in total. The smallest absolute Gasteiger partial charge is 0.256 e. The summed E-state index contributed by atoms with van der Waals surface area (Å²) in [6, 6.07) is 4.72. The second-order valence-corrected chi connectivity index (χ2v) is 11.9. The van der Waals surface area contributed by atoms with E-state index in [0.717, 1.165) is 12.8 Å². The molecule has 1 saturated heterocycles. The molecule has 0 spiro atoms. The van der Waals surface area contributed by atoms with Crippen molar-refractivity contribution in [1.29, 1.82) is 0 Å². The van der Waals surface area contributed by atoms with Gasteiger partial charge in [-0.05, 0) is 45.1 Å². The van der Waals surface area contributed by atoms with Gasteiger partial charge in [0.15, 0.2) is 14.9 Å². The first-order chi connectivity index (χ1) is 15.0. The molecule has 0 unspecified atom stereocenters. The number of sulfone groups is 1. The maximum absolute atomic E-state index is 13.5. The van der Waals surface area contributed by atoms with Gasteiger partial charge in [0.05, 0.1) is 21.8 Å². The Bertz CT molecular complexity index is 1330. The Morgan fingerprint density at radius 3 is 2.53 bits per heavy atom. The highest BCUT2D eigenvalue weighted by molar-refractivity contribution is 7.90. The van der Waals surface area contributed by atoms with E-state index in [1.165, 1.54) is 16.4 Å². The van der Waals surface area contributed by atoms with Gasteiger partial charge in [-0.15, -0.1) is 0 Å². The van der Waals surface area contributed by atoms with Crippen LogP contribution < -0.4 is 5.32 Å². The summed E-state index contributed by atoms with van der Waals surface area (Å²) in [7, 11) is -5.46. The number of carbonyl (C=O) groups is 1. The van der Waals surface area contributed by atoms with Crippen LogP contribution in [-0.2, 0) is 24.7 Å². The van der Waals surface area contributed by atoms with Crippen molar-refractivity contribution in [2.45, 2.75) is 23.3 Å². The van der Waals surface area contributed by atoms with Gasteiger partial charge in [-0.1, -0.05) is 6.07 Å². The van der Waals surface area contributed by atoms with Gasteiger partial charge in [0.2, 0.25) is 10.0 Å².